The number of hydrogen-bond donors (Lipinski definition) is 1. The third kappa shape index (κ3) is 4.11. The minimum absolute atomic E-state index is 0.466. The van der Waals surface area contributed by atoms with Crippen LogP contribution < -0.4 is 10.2 Å². The van der Waals surface area contributed by atoms with Gasteiger partial charge in [-0.05, 0) is 73.0 Å². The molecule has 1 aromatic rings. The van der Waals surface area contributed by atoms with Crippen molar-refractivity contribution in [1.29, 1.82) is 0 Å². The van der Waals surface area contributed by atoms with Gasteiger partial charge in [-0.2, -0.15) is 0 Å². The maximum absolute atomic E-state index is 3.48. The van der Waals surface area contributed by atoms with E-state index in [-0.39, 0.29) is 0 Å². The standard InChI is InChI=1S/C21H34N2S/c1-21(2,3)17-7-5-16(6-8-17)19-15-18(24-4)9-10-20(19)23-13-11-22-12-14-23/h9-10,15-17,22H,5-8,11-14H2,1-4H3. The van der Waals surface area contributed by atoms with Crippen molar-refractivity contribution in [2.24, 2.45) is 11.3 Å². The summed E-state index contributed by atoms with van der Waals surface area (Å²) in [5.74, 6) is 1.64. The number of thioether (sulfide) groups is 1. The van der Waals surface area contributed by atoms with Crippen molar-refractivity contribution in [2.45, 2.75) is 57.3 Å². The van der Waals surface area contributed by atoms with Gasteiger partial charge in [0, 0.05) is 36.8 Å². The molecular formula is C21H34N2S. The monoisotopic (exact) mass is 346 g/mol. The van der Waals surface area contributed by atoms with E-state index < -0.39 is 0 Å². The molecule has 134 valence electrons. The summed E-state index contributed by atoms with van der Waals surface area (Å²) in [6.07, 6.45) is 7.69. The predicted molar refractivity (Wildman–Crippen MR) is 107 cm³/mol. The van der Waals surface area contributed by atoms with E-state index in [0.717, 1.165) is 38.0 Å². The average Bonchev–Trinajstić information content (AvgIpc) is 2.61. The van der Waals surface area contributed by atoms with Gasteiger partial charge in [0.05, 0.1) is 0 Å². The molecule has 0 aromatic heterocycles. The number of piperazine rings is 1. The molecule has 0 atom stereocenters. The molecule has 1 aliphatic carbocycles. The van der Waals surface area contributed by atoms with E-state index in [4.69, 9.17) is 0 Å². The smallest absolute Gasteiger partial charge is 0.0403 e. The fourth-order valence-electron chi connectivity index (χ4n) is 4.45. The molecule has 0 bridgehead atoms. The highest BCUT2D eigenvalue weighted by Crippen LogP contribution is 2.45. The van der Waals surface area contributed by atoms with Crippen LogP contribution in [0.2, 0.25) is 0 Å². The van der Waals surface area contributed by atoms with Crippen LogP contribution in [0, 0.1) is 11.3 Å². The summed E-state index contributed by atoms with van der Waals surface area (Å²) in [7, 11) is 0. The molecule has 2 nitrogen and oxygen atoms in total. The minimum Gasteiger partial charge on any atom is -0.369 e. The van der Waals surface area contributed by atoms with Crippen LogP contribution >= 0.6 is 11.8 Å². The van der Waals surface area contributed by atoms with Crippen LogP contribution in [0.1, 0.15) is 57.9 Å². The second-order valence-corrected chi connectivity index (χ2v) is 9.46. The maximum Gasteiger partial charge on any atom is 0.0403 e. The van der Waals surface area contributed by atoms with E-state index in [9.17, 15) is 0 Å². The molecule has 1 heterocycles. The Balaban J connectivity index is 1.80. The number of nitrogens with one attached hydrogen (secondary N) is 1. The summed E-state index contributed by atoms with van der Waals surface area (Å²) >= 11 is 1.88. The number of anilines is 1. The Labute approximate surface area is 152 Å². The molecule has 1 saturated carbocycles. The van der Waals surface area contributed by atoms with Crippen LogP contribution in [-0.2, 0) is 0 Å². The van der Waals surface area contributed by atoms with Gasteiger partial charge in [-0.15, -0.1) is 11.8 Å². The van der Waals surface area contributed by atoms with Crippen molar-refractivity contribution in [3.8, 4) is 0 Å². The Morgan fingerprint density at radius 3 is 2.29 bits per heavy atom. The van der Waals surface area contributed by atoms with E-state index in [1.807, 2.05) is 11.8 Å². The molecule has 2 fully saturated rings. The van der Waals surface area contributed by atoms with Crippen molar-refractivity contribution in [1.82, 2.24) is 5.32 Å². The van der Waals surface area contributed by atoms with Gasteiger partial charge < -0.3 is 10.2 Å². The molecule has 1 aliphatic heterocycles. The molecule has 0 spiro atoms. The Morgan fingerprint density at radius 2 is 1.71 bits per heavy atom. The lowest BCUT2D eigenvalue weighted by molar-refractivity contribution is 0.169. The van der Waals surface area contributed by atoms with Crippen LogP contribution in [0.4, 0.5) is 5.69 Å². The zero-order chi connectivity index (χ0) is 17.2. The molecule has 0 radical (unpaired) electrons. The summed E-state index contributed by atoms with van der Waals surface area (Å²) in [5, 5.41) is 3.48. The second-order valence-electron chi connectivity index (χ2n) is 8.58. The van der Waals surface area contributed by atoms with Crippen molar-refractivity contribution >= 4 is 17.4 Å². The van der Waals surface area contributed by atoms with Crippen LogP contribution in [0.15, 0.2) is 23.1 Å². The summed E-state index contributed by atoms with van der Waals surface area (Å²) in [4.78, 5) is 4.02. The first-order chi connectivity index (χ1) is 11.5. The molecular weight excluding hydrogens is 312 g/mol. The SMILES string of the molecule is CSc1ccc(N2CCNCC2)c(C2CCC(C(C)(C)C)CC2)c1. The Hall–Kier alpha value is -0.670. The van der Waals surface area contributed by atoms with Crippen LogP contribution in [-0.4, -0.2) is 32.4 Å². The zero-order valence-corrected chi connectivity index (χ0v) is 16.7. The van der Waals surface area contributed by atoms with E-state index in [2.05, 4.69) is 55.4 Å². The lowest BCUT2D eigenvalue weighted by Crippen LogP contribution is -2.44. The third-order valence-electron chi connectivity index (χ3n) is 6.08. The van der Waals surface area contributed by atoms with Gasteiger partial charge in [0.1, 0.15) is 0 Å². The highest BCUT2D eigenvalue weighted by atomic mass is 32.2. The quantitative estimate of drug-likeness (QED) is 0.763. The van der Waals surface area contributed by atoms with Crippen molar-refractivity contribution in [3.05, 3.63) is 23.8 Å². The minimum atomic E-state index is 0.466. The lowest BCUT2D eigenvalue weighted by atomic mass is 9.68. The summed E-state index contributed by atoms with van der Waals surface area (Å²) in [5.41, 5.74) is 3.60. The van der Waals surface area contributed by atoms with Crippen molar-refractivity contribution in [3.63, 3.8) is 0 Å². The van der Waals surface area contributed by atoms with Gasteiger partial charge in [-0.25, -0.2) is 0 Å². The molecule has 1 N–H and O–H groups in total. The summed E-state index contributed by atoms with van der Waals surface area (Å²) < 4.78 is 0. The number of benzene rings is 1. The summed E-state index contributed by atoms with van der Waals surface area (Å²) in [6.45, 7) is 11.8. The van der Waals surface area contributed by atoms with Crippen LogP contribution in [0.5, 0.6) is 0 Å². The number of nitrogens with zero attached hydrogens (tertiary/aromatic N) is 1. The number of hydrogen-bond acceptors (Lipinski definition) is 3. The molecule has 1 aromatic carbocycles. The molecule has 0 amide bonds. The highest BCUT2D eigenvalue weighted by Gasteiger charge is 2.31. The third-order valence-corrected chi connectivity index (χ3v) is 6.81. The molecule has 0 unspecified atom stereocenters. The topological polar surface area (TPSA) is 15.3 Å². The van der Waals surface area contributed by atoms with E-state index >= 15 is 0 Å². The van der Waals surface area contributed by atoms with Gasteiger partial charge in [0.15, 0.2) is 0 Å². The van der Waals surface area contributed by atoms with Gasteiger partial charge in [0.25, 0.3) is 0 Å². The van der Waals surface area contributed by atoms with E-state index in [0.29, 0.717) is 5.41 Å². The van der Waals surface area contributed by atoms with Crippen LogP contribution in [0.25, 0.3) is 0 Å². The van der Waals surface area contributed by atoms with Gasteiger partial charge in [0.2, 0.25) is 0 Å². The Morgan fingerprint density at radius 1 is 1.04 bits per heavy atom. The molecule has 1 saturated heterocycles. The highest BCUT2D eigenvalue weighted by molar-refractivity contribution is 7.98. The fraction of sp³-hybridized carbons (Fsp3) is 0.714. The first-order valence-electron chi connectivity index (χ1n) is 9.62. The summed E-state index contributed by atoms with van der Waals surface area (Å²) in [6, 6.07) is 7.19. The number of rotatable bonds is 3. The van der Waals surface area contributed by atoms with Crippen molar-refractivity contribution < 1.29 is 0 Å². The van der Waals surface area contributed by atoms with Gasteiger partial charge >= 0.3 is 0 Å². The molecule has 24 heavy (non-hydrogen) atoms. The van der Waals surface area contributed by atoms with Gasteiger partial charge in [-0.1, -0.05) is 20.8 Å². The molecule has 2 aliphatic rings. The second kappa shape index (κ2) is 7.70. The zero-order valence-electron chi connectivity index (χ0n) is 15.9. The van der Waals surface area contributed by atoms with E-state index in [1.165, 1.54) is 36.3 Å². The van der Waals surface area contributed by atoms with Crippen molar-refractivity contribution in [2.75, 3.05) is 37.3 Å². The first kappa shape index (κ1) is 18.1. The Bertz CT molecular complexity index is 535. The lowest BCUT2D eigenvalue weighted by Gasteiger charge is -2.39. The van der Waals surface area contributed by atoms with E-state index in [1.54, 1.807) is 5.56 Å². The molecule has 3 rings (SSSR count). The fourth-order valence-corrected chi connectivity index (χ4v) is 4.90. The first-order valence-corrected chi connectivity index (χ1v) is 10.8. The Kier molecular flexibility index (Phi) is 5.82. The average molecular weight is 347 g/mol. The molecule has 3 heteroatoms. The van der Waals surface area contributed by atoms with Gasteiger partial charge in [-0.3, -0.25) is 0 Å². The largest absolute Gasteiger partial charge is 0.369 e. The predicted octanol–water partition coefficient (Wildman–Crippen LogP) is 5.14. The normalized spacial score (nSPS) is 25.8. The van der Waals surface area contributed by atoms with Crippen LogP contribution in [0.3, 0.4) is 0 Å². The maximum atomic E-state index is 3.48.